The van der Waals surface area contributed by atoms with Gasteiger partial charge >= 0.3 is 5.97 Å². The van der Waals surface area contributed by atoms with Crippen molar-refractivity contribution in [2.45, 2.75) is 39.5 Å². The summed E-state index contributed by atoms with van der Waals surface area (Å²) in [6.45, 7) is 7.60. The lowest BCUT2D eigenvalue weighted by atomic mass is 9.84. The predicted molar refractivity (Wildman–Crippen MR) is 135 cm³/mol. The van der Waals surface area contributed by atoms with Gasteiger partial charge in [-0.05, 0) is 53.9 Å². The zero-order valence-corrected chi connectivity index (χ0v) is 21.5. The van der Waals surface area contributed by atoms with Gasteiger partial charge in [-0.2, -0.15) is 4.40 Å². The molecule has 0 bridgehead atoms. The van der Waals surface area contributed by atoms with E-state index in [0.29, 0.717) is 29.9 Å². The molecule has 1 N–H and O–H groups in total. The molecule has 1 aromatic carbocycles. The highest BCUT2D eigenvalue weighted by atomic mass is 32.2. The molecule has 186 valence electrons. The van der Waals surface area contributed by atoms with E-state index >= 15 is 0 Å². The van der Waals surface area contributed by atoms with E-state index < -0.39 is 11.4 Å². The molecule has 1 aliphatic carbocycles. The minimum Gasteiger partial charge on any atom is -0.507 e. The first-order chi connectivity index (χ1) is 16.5. The summed E-state index contributed by atoms with van der Waals surface area (Å²) in [5.41, 5.74) is 2.70. The lowest BCUT2D eigenvalue weighted by molar-refractivity contribution is -0.145. The van der Waals surface area contributed by atoms with Gasteiger partial charge in [0.05, 0.1) is 18.7 Å². The number of Topliss-reactive ketones (excluding diaryl/α,β-unsaturated/α-hetero) is 1. The van der Waals surface area contributed by atoms with Crippen LogP contribution in [0.4, 0.5) is 0 Å². The number of rotatable bonds is 8. The van der Waals surface area contributed by atoms with E-state index in [-0.39, 0.29) is 42.8 Å². The highest BCUT2D eigenvalue weighted by Crippen LogP contribution is 2.37. The molecule has 9 heteroatoms. The van der Waals surface area contributed by atoms with Crippen molar-refractivity contribution in [3.63, 3.8) is 0 Å². The van der Waals surface area contributed by atoms with Crippen LogP contribution in [0.3, 0.4) is 0 Å². The molecule has 2 aliphatic rings. The van der Waals surface area contributed by atoms with Gasteiger partial charge in [0, 0.05) is 42.0 Å². The van der Waals surface area contributed by atoms with Gasteiger partial charge in [-0.3, -0.25) is 9.59 Å². The first-order valence-electron chi connectivity index (χ1n) is 11.3. The van der Waals surface area contributed by atoms with E-state index in [4.69, 9.17) is 9.47 Å². The largest absolute Gasteiger partial charge is 0.507 e. The first-order valence-corrected chi connectivity index (χ1v) is 12.5. The Morgan fingerprint density at radius 2 is 2.00 bits per heavy atom. The predicted octanol–water partition coefficient (Wildman–Crippen LogP) is 3.79. The van der Waals surface area contributed by atoms with Crippen LogP contribution in [0.1, 0.15) is 50.0 Å². The Bertz CT molecular complexity index is 1170. The van der Waals surface area contributed by atoms with E-state index in [2.05, 4.69) is 10.3 Å². The maximum atomic E-state index is 13.2. The number of carbonyl (C=O) groups is 3. The maximum Gasteiger partial charge on any atom is 0.344 e. The fourth-order valence-electron chi connectivity index (χ4n) is 3.93. The molecule has 0 unspecified atom stereocenters. The molecule has 0 atom stereocenters. The van der Waals surface area contributed by atoms with Gasteiger partial charge in [-0.15, -0.1) is 0 Å². The summed E-state index contributed by atoms with van der Waals surface area (Å²) in [7, 11) is 0. The first kappa shape index (κ1) is 26.3. The van der Waals surface area contributed by atoms with E-state index in [9.17, 15) is 19.5 Å². The van der Waals surface area contributed by atoms with Crippen LogP contribution in [-0.2, 0) is 19.7 Å². The van der Waals surface area contributed by atoms with Crippen LogP contribution < -0.4 is 4.74 Å². The molecule has 0 spiro atoms. The zero-order chi connectivity index (χ0) is 25.8. The molecular formula is C26H30N2O6S. The molecule has 3 rings (SSSR count). The fourth-order valence-corrected chi connectivity index (χ4v) is 4.14. The molecule has 0 radical (unpaired) electrons. The lowest BCUT2D eigenvalue weighted by Gasteiger charge is -2.24. The monoisotopic (exact) mass is 498 g/mol. The number of ether oxygens (including phenoxy) is 2. The van der Waals surface area contributed by atoms with E-state index in [1.165, 1.54) is 22.9 Å². The van der Waals surface area contributed by atoms with Crippen molar-refractivity contribution in [1.29, 1.82) is 0 Å². The van der Waals surface area contributed by atoms with Crippen molar-refractivity contribution in [2.24, 2.45) is 4.40 Å². The number of ketones is 1. The number of aromatic hydroxyl groups is 1. The Kier molecular flexibility index (Phi) is 8.25. The number of amides is 1. The molecule has 1 amide bonds. The van der Waals surface area contributed by atoms with Gasteiger partial charge in [0.15, 0.2) is 12.4 Å². The van der Waals surface area contributed by atoms with Gasteiger partial charge < -0.3 is 19.5 Å². The summed E-state index contributed by atoms with van der Waals surface area (Å²) in [5.74, 6) is 1.85. The van der Waals surface area contributed by atoms with Crippen LogP contribution in [-0.4, -0.2) is 66.1 Å². The molecule has 8 nitrogen and oxygen atoms in total. The molecule has 0 saturated heterocycles. The normalized spacial score (nSPS) is 15.2. The third-order valence-corrected chi connectivity index (χ3v) is 5.88. The smallest absolute Gasteiger partial charge is 0.344 e. The minimum absolute atomic E-state index is 0.0966. The average Bonchev–Trinajstić information content (AvgIpc) is 3.10. The third kappa shape index (κ3) is 6.24. The van der Waals surface area contributed by atoms with Crippen LogP contribution in [0.15, 0.2) is 45.4 Å². The zero-order valence-electron chi connectivity index (χ0n) is 20.6. The summed E-state index contributed by atoms with van der Waals surface area (Å²) in [5, 5.41) is 10.6. The van der Waals surface area contributed by atoms with Crippen molar-refractivity contribution < 1.29 is 29.0 Å². The van der Waals surface area contributed by atoms with Gasteiger partial charge in [-0.1, -0.05) is 20.8 Å². The molecule has 1 heterocycles. The second-order valence-electron chi connectivity index (χ2n) is 9.23. The standard InChI is InChI=1S/C26H30N2O6S/c1-6-33-24(31)15-34-23-11-21(29)19(10-20(23)26(2,3)4)22(30)14-28-13-17-9-16(12-27-35-5)7-8-18(17)25(28)32/h7-8,10-11,29H,6,9,13-15H2,1-5H3. The quantitative estimate of drug-likeness (QED) is 0.252. The van der Waals surface area contributed by atoms with Crippen molar-refractivity contribution in [2.75, 3.05) is 32.6 Å². The Morgan fingerprint density at radius 1 is 1.26 bits per heavy atom. The van der Waals surface area contributed by atoms with Gasteiger partial charge in [0.25, 0.3) is 5.91 Å². The second-order valence-corrected chi connectivity index (χ2v) is 9.78. The summed E-state index contributed by atoms with van der Waals surface area (Å²) in [4.78, 5) is 39.3. The molecular weight excluding hydrogens is 468 g/mol. The van der Waals surface area contributed by atoms with E-state index in [1.807, 2.05) is 33.1 Å². The van der Waals surface area contributed by atoms with Gasteiger partial charge in [0.2, 0.25) is 0 Å². The second kappa shape index (κ2) is 11.0. The van der Waals surface area contributed by atoms with Gasteiger partial charge in [-0.25, -0.2) is 4.79 Å². The molecule has 1 aliphatic heterocycles. The SMILES string of the molecule is CCOC(=O)COc1cc(O)c(C(=O)CN2CC3=C(C=CC(=C=NSC)C3)C2=O)cc1C(C)(C)C. The lowest BCUT2D eigenvalue weighted by Crippen LogP contribution is -2.33. The van der Waals surface area contributed by atoms with Crippen molar-refractivity contribution in [3.05, 3.63) is 52.1 Å². The Hall–Kier alpha value is -3.29. The maximum absolute atomic E-state index is 13.2. The number of benzene rings is 1. The van der Waals surface area contributed by atoms with Crippen molar-refractivity contribution >= 4 is 35.5 Å². The summed E-state index contributed by atoms with van der Waals surface area (Å²) < 4.78 is 14.5. The van der Waals surface area contributed by atoms with Gasteiger partial charge in [0.1, 0.15) is 11.5 Å². The van der Waals surface area contributed by atoms with Crippen LogP contribution in [0.25, 0.3) is 0 Å². The highest BCUT2D eigenvalue weighted by Gasteiger charge is 2.33. The van der Waals surface area contributed by atoms with Crippen LogP contribution in [0.5, 0.6) is 11.5 Å². The number of esters is 1. The number of nitrogens with zero attached hydrogens (tertiary/aromatic N) is 2. The summed E-state index contributed by atoms with van der Waals surface area (Å²) in [6.07, 6.45) is 5.96. The Morgan fingerprint density at radius 3 is 2.66 bits per heavy atom. The number of allylic oxidation sites excluding steroid dienone is 2. The average molecular weight is 499 g/mol. The molecule has 0 saturated carbocycles. The Balaban J connectivity index is 1.79. The van der Waals surface area contributed by atoms with Crippen molar-refractivity contribution in [3.8, 4) is 11.5 Å². The van der Waals surface area contributed by atoms with Crippen LogP contribution in [0, 0.1) is 0 Å². The van der Waals surface area contributed by atoms with E-state index in [0.717, 1.165) is 11.1 Å². The summed E-state index contributed by atoms with van der Waals surface area (Å²) >= 11 is 1.30. The fraction of sp³-hybridized carbons (Fsp3) is 0.423. The molecule has 0 aromatic heterocycles. The highest BCUT2D eigenvalue weighted by molar-refractivity contribution is 7.97. The number of phenols is 1. The van der Waals surface area contributed by atoms with Crippen molar-refractivity contribution in [1.82, 2.24) is 4.90 Å². The molecule has 0 fully saturated rings. The molecule has 1 aromatic rings. The third-order valence-electron chi connectivity index (χ3n) is 5.61. The summed E-state index contributed by atoms with van der Waals surface area (Å²) in [6, 6.07) is 2.92. The number of carbonyl (C=O) groups excluding carboxylic acids is 3. The number of phenolic OH excluding ortho intramolecular Hbond substituents is 1. The van der Waals surface area contributed by atoms with E-state index in [1.54, 1.807) is 19.1 Å². The minimum atomic E-state index is -0.525. The molecule has 35 heavy (non-hydrogen) atoms. The number of hydrogen-bond acceptors (Lipinski definition) is 8. The number of hydrogen-bond donors (Lipinski definition) is 1. The topological polar surface area (TPSA) is 106 Å². The van der Waals surface area contributed by atoms with Crippen LogP contribution >= 0.6 is 11.9 Å². The van der Waals surface area contributed by atoms with Crippen LogP contribution in [0.2, 0.25) is 0 Å². The Labute approximate surface area is 209 Å².